The number of carbonyl (C=O) groups excluding carboxylic acids is 2. The molecule has 0 unspecified atom stereocenters. The smallest absolute Gasteiger partial charge is 0.258 e. The van der Waals surface area contributed by atoms with E-state index in [1.807, 2.05) is 66.4 Å². The minimum absolute atomic E-state index is 0.0414. The predicted octanol–water partition coefficient (Wildman–Crippen LogP) is 4.61. The number of para-hydroxylation sites is 1. The maximum absolute atomic E-state index is 13.5. The average Bonchev–Trinajstić information content (AvgIpc) is 3.44. The summed E-state index contributed by atoms with van der Waals surface area (Å²) in [6.45, 7) is 3.08. The van der Waals surface area contributed by atoms with Crippen LogP contribution in [0.1, 0.15) is 39.8 Å². The fourth-order valence-corrected chi connectivity index (χ4v) is 3.99. The Labute approximate surface area is 180 Å². The number of nitrogens with zero attached hydrogens (tertiary/aromatic N) is 4. The van der Waals surface area contributed by atoms with Gasteiger partial charge in [0, 0.05) is 47.9 Å². The molecule has 6 nitrogen and oxygen atoms in total. The Balaban J connectivity index is 1.45. The fourth-order valence-electron chi connectivity index (χ4n) is 3.99. The van der Waals surface area contributed by atoms with Crippen molar-refractivity contribution in [1.29, 1.82) is 0 Å². The summed E-state index contributed by atoms with van der Waals surface area (Å²) in [5.74, 6) is -0.0945. The molecular formula is C25H22N4O2. The number of amides is 1. The maximum atomic E-state index is 13.5. The Morgan fingerprint density at radius 1 is 0.903 bits per heavy atom. The first-order valence-corrected chi connectivity index (χ1v) is 10.4. The highest BCUT2D eigenvalue weighted by atomic mass is 16.2. The SMILES string of the molecule is CCC(=O)n1ccc(-c2ccc(C(=O)N3Cc4cccn4Cc4ccccc43)cc2)n1. The first-order valence-electron chi connectivity index (χ1n) is 10.4. The van der Waals surface area contributed by atoms with Crippen LogP contribution in [0.25, 0.3) is 11.3 Å². The topological polar surface area (TPSA) is 60.1 Å². The summed E-state index contributed by atoms with van der Waals surface area (Å²) in [6, 6.07) is 21.3. The van der Waals surface area contributed by atoms with Gasteiger partial charge in [-0.25, -0.2) is 4.68 Å². The van der Waals surface area contributed by atoms with E-state index in [0.29, 0.717) is 24.2 Å². The normalized spacial score (nSPS) is 12.7. The van der Waals surface area contributed by atoms with E-state index >= 15 is 0 Å². The van der Waals surface area contributed by atoms with Crippen LogP contribution >= 0.6 is 0 Å². The van der Waals surface area contributed by atoms with Gasteiger partial charge in [-0.15, -0.1) is 0 Å². The largest absolute Gasteiger partial charge is 0.345 e. The molecule has 3 heterocycles. The second-order valence-electron chi connectivity index (χ2n) is 7.62. The van der Waals surface area contributed by atoms with Crippen LogP contribution in [0.15, 0.2) is 79.1 Å². The number of fused-ring (bicyclic) bond motifs is 2. The highest BCUT2D eigenvalue weighted by Crippen LogP contribution is 2.29. The summed E-state index contributed by atoms with van der Waals surface area (Å²) in [6.07, 6.45) is 4.12. The lowest BCUT2D eigenvalue weighted by Gasteiger charge is -2.23. The predicted molar refractivity (Wildman–Crippen MR) is 119 cm³/mol. The Morgan fingerprint density at radius 2 is 1.71 bits per heavy atom. The highest BCUT2D eigenvalue weighted by Gasteiger charge is 2.24. The molecule has 0 radical (unpaired) electrons. The number of hydrogen-bond acceptors (Lipinski definition) is 3. The van der Waals surface area contributed by atoms with Gasteiger partial charge >= 0.3 is 0 Å². The molecule has 1 amide bonds. The van der Waals surface area contributed by atoms with Crippen molar-refractivity contribution in [3.05, 3.63) is 95.9 Å². The van der Waals surface area contributed by atoms with Crippen molar-refractivity contribution in [3.8, 4) is 11.3 Å². The molecule has 0 atom stereocenters. The number of aromatic nitrogens is 3. The molecule has 0 saturated heterocycles. The minimum Gasteiger partial charge on any atom is -0.345 e. The van der Waals surface area contributed by atoms with Crippen LogP contribution in [0.3, 0.4) is 0 Å². The van der Waals surface area contributed by atoms with Crippen molar-refractivity contribution < 1.29 is 9.59 Å². The van der Waals surface area contributed by atoms with Gasteiger partial charge in [0.15, 0.2) is 0 Å². The molecule has 0 aliphatic carbocycles. The zero-order valence-electron chi connectivity index (χ0n) is 17.2. The number of hydrogen-bond donors (Lipinski definition) is 0. The molecule has 154 valence electrons. The van der Waals surface area contributed by atoms with Gasteiger partial charge in [-0.1, -0.05) is 37.3 Å². The lowest BCUT2D eigenvalue weighted by Crippen LogP contribution is -2.30. The van der Waals surface area contributed by atoms with Crippen molar-refractivity contribution in [2.75, 3.05) is 4.90 Å². The second-order valence-corrected chi connectivity index (χ2v) is 7.62. The van der Waals surface area contributed by atoms with Crippen molar-refractivity contribution in [1.82, 2.24) is 14.3 Å². The van der Waals surface area contributed by atoms with E-state index in [0.717, 1.165) is 29.1 Å². The fraction of sp³-hybridized carbons (Fsp3) is 0.160. The van der Waals surface area contributed by atoms with E-state index < -0.39 is 0 Å². The summed E-state index contributed by atoms with van der Waals surface area (Å²) in [4.78, 5) is 27.1. The number of anilines is 1. The summed E-state index contributed by atoms with van der Waals surface area (Å²) in [5.41, 5.74) is 5.35. The molecule has 4 aromatic rings. The van der Waals surface area contributed by atoms with E-state index in [2.05, 4.69) is 28.0 Å². The maximum Gasteiger partial charge on any atom is 0.258 e. The first kappa shape index (κ1) is 19.1. The van der Waals surface area contributed by atoms with Gasteiger partial charge in [-0.3, -0.25) is 9.59 Å². The van der Waals surface area contributed by atoms with Crippen LogP contribution in [0.2, 0.25) is 0 Å². The molecule has 2 aromatic heterocycles. The minimum atomic E-state index is -0.0531. The monoisotopic (exact) mass is 410 g/mol. The van der Waals surface area contributed by atoms with Gasteiger partial charge in [0.2, 0.25) is 5.91 Å². The van der Waals surface area contributed by atoms with Crippen LogP contribution in [0.4, 0.5) is 5.69 Å². The van der Waals surface area contributed by atoms with E-state index in [9.17, 15) is 9.59 Å². The Hall–Kier alpha value is -3.93. The molecule has 2 aromatic carbocycles. The molecule has 1 aliphatic heterocycles. The molecule has 31 heavy (non-hydrogen) atoms. The molecule has 0 saturated carbocycles. The van der Waals surface area contributed by atoms with Crippen LogP contribution in [0.5, 0.6) is 0 Å². The third-order valence-corrected chi connectivity index (χ3v) is 5.69. The zero-order chi connectivity index (χ0) is 21.4. The molecular weight excluding hydrogens is 388 g/mol. The van der Waals surface area contributed by atoms with Gasteiger partial charge in [0.05, 0.1) is 12.2 Å². The second kappa shape index (κ2) is 7.72. The first-order chi connectivity index (χ1) is 15.1. The lowest BCUT2D eigenvalue weighted by molar-refractivity contribution is 0.0892. The van der Waals surface area contributed by atoms with E-state index in [4.69, 9.17) is 0 Å². The summed E-state index contributed by atoms with van der Waals surface area (Å²) >= 11 is 0. The summed E-state index contributed by atoms with van der Waals surface area (Å²) in [7, 11) is 0. The Morgan fingerprint density at radius 3 is 2.52 bits per heavy atom. The third kappa shape index (κ3) is 3.46. The highest BCUT2D eigenvalue weighted by molar-refractivity contribution is 6.06. The van der Waals surface area contributed by atoms with E-state index in [1.54, 1.807) is 6.20 Å². The van der Waals surface area contributed by atoms with Gasteiger partial charge in [0.25, 0.3) is 5.91 Å². The zero-order valence-corrected chi connectivity index (χ0v) is 17.2. The Bertz CT molecular complexity index is 1270. The molecule has 0 spiro atoms. The summed E-state index contributed by atoms with van der Waals surface area (Å²) < 4.78 is 3.54. The van der Waals surface area contributed by atoms with Gasteiger partial charge in [0.1, 0.15) is 0 Å². The lowest BCUT2D eigenvalue weighted by atomic mass is 10.1. The van der Waals surface area contributed by atoms with Crippen LogP contribution in [-0.4, -0.2) is 26.2 Å². The van der Waals surface area contributed by atoms with E-state index in [1.165, 1.54) is 4.68 Å². The van der Waals surface area contributed by atoms with Crippen LogP contribution in [-0.2, 0) is 13.1 Å². The van der Waals surface area contributed by atoms with Crippen molar-refractivity contribution >= 4 is 17.5 Å². The number of carbonyl (C=O) groups is 2. The third-order valence-electron chi connectivity index (χ3n) is 5.69. The number of benzene rings is 2. The van der Waals surface area contributed by atoms with Crippen LogP contribution in [0, 0.1) is 0 Å². The van der Waals surface area contributed by atoms with E-state index in [-0.39, 0.29) is 11.8 Å². The van der Waals surface area contributed by atoms with Crippen LogP contribution < -0.4 is 4.90 Å². The average molecular weight is 410 g/mol. The molecule has 0 fully saturated rings. The molecule has 5 rings (SSSR count). The van der Waals surface area contributed by atoms with Crippen molar-refractivity contribution in [2.45, 2.75) is 26.4 Å². The van der Waals surface area contributed by atoms with Crippen molar-refractivity contribution in [3.63, 3.8) is 0 Å². The standard InChI is InChI=1S/C25H22N4O2/c1-2-24(30)29-15-13-22(26-29)18-9-11-19(12-10-18)25(31)28-17-21-7-5-14-27(21)16-20-6-3-4-8-23(20)28/h3-15H,2,16-17H2,1H3. The molecule has 6 heteroatoms. The molecule has 1 aliphatic rings. The Kier molecular flexibility index (Phi) is 4.75. The number of rotatable bonds is 3. The van der Waals surface area contributed by atoms with Crippen molar-refractivity contribution in [2.24, 2.45) is 0 Å². The van der Waals surface area contributed by atoms with Gasteiger partial charge < -0.3 is 9.47 Å². The molecule has 0 bridgehead atoms. The van der Waals surface area contributed by atoms with Gasteiger partial charge in [-0.2, -0.15) is 5.10 Å². The quantitative estimate of drug-likeness (QED) is 0.496. The molecule has 0 N–H and O–H groups in total. The summed E-state index contributed by atoms with van der Waals surface area (Å²) in [5, 5.41) is 4.35. The van der Waals surface area contributed by atoms with Gasteiger partial charge in [-0.05, 0) is 42.0 Å².